The molecule has 3 heteroatoms. The fourth-order valence-corrected chi connectivity index (χ4v) is 1.87. The van der Waals surface area contributed by atoms with Gasteiger partial charge in [-0.25, -0.2) is 0 Å². The molecule has 0 aliphatic rings. The molecule has 1 rings (SSSR count). The van der Waals surface area contributed by atoms with Gasteiger partial charge in [0.2, 0.25) is 0 Å². The Morgan fingerprint density at radius 1 is 1.43 bits per heavy atom. The average molecular weight is 213 g/mol. The summed E-state index contributed by atoms with van der Waals surface area (Å²) in [5, 5.41) is 5.48. The zero-order valence-electron chi connectivity index (χ0n) is 8.95. The Labute approximate surface area is 90.3 Å². The van der Waals surface area contributed by atoms with Gasteiger partial charge in [-0.05, 0) is 31.7 Å². The van der Waals surface area contributed by atoms with Gasteiger partial charge >= 0.3 is 0 Å². The summed E-state index contributed by atoms with van der Waals surface area (Å²) in [6.07, 6.45) is 1.47. The molecule has 0 radical (unpaired) electrons. The number of hydrogen-bond donors (Lipinski definition) is 1. The molecular weight excluding hydrogens is 194 g/mol. The predicted molar refractivity (Wildman–Crippen MR) is 62.0 cm³/mol. The van der Waals surface area contributed by atoms with Gasteiger partial charge in [-0.1, -0.05) is 6.07 Å². The summed E-state index contributed by atoms with van der Waals surface area (Å²) >= 11 is 1.82. The molecule has 0 aliphatic heterocycles. The van der Waals surface area contributed by atoms with E-state index in [1.54, 1.807) is 0 Å². The Hall–Kier alpha value is -0.380. The van der Waals surface area contributed by atoms with Crippen LogP contribution in [0.4, 0.5) is 0 Å². The van der Waals surface area contributed by atoms with Crippen LogP contribution >= 0.6 is 11.3 Å². The molecule has 14 heavy (non-hydrogen) atoms. The second-order valence-electron chi connectivity index (χ2n) is 3.50. The van der Waals surface area contributed by atoms with Crippen molar-refractivity contribution in [3.63, 3.8) is 0 Å². The molecular formula is C11H19NOS. The van der Waals surface area contributed by atoms with E-state index in [1.165, 1.54) is 4.88 Å². The normalized spacial score (nSPS) is 11.1. The summed E-state index contributed by atoms with van der Waals surface area (Å²) in [5.74, 6) is 0. The van der Waals surface area contributed by atoms with E-state index in [0.29, 0.717) is 6.10 Å². The lowest BCUT2D eigenvalue weighted by molar-refractivity contribution is 0.0810. The van der Waals surface area contributed by atoms with Crippen molar-refractivity contribution in [3.05, 3.63) is 22.4 Å². The van der Waals surface area contributed by atoms with Gasteiger partial charge in [0.25, 0.3) is 0 Å². The first-order valence-electron chi connectivity index (χ1n) is 5.13. The third-order valence-corrected chi connectivity index (χ3v) is 2.79. The van der Waals surface area contributed by atoms with Crippen LogP contribution in [0.1, 0.15) is 18.7 Å². The quantitative estimate of drug-likeness (QED) is 0.702. The second-order valence-corrected chi connectivity index (χ2v) is 4.53. The van der Waals surface area contributed by atoms with Crippen LogP contribution < -0.4 is 5.32 Å². The van der Waals surface area contributed by atoms with Crippen LogP contribution in [0.5, 0.6) is 0 Å². The molecule has 0 aromatic carbocycles. The summed E-state index contributed by atoms with van der Waals surface area (Å²) in [5.41, 5.74) is 0. The molecule has 80 valence electrons. The molecule has 0 atom stereocenters. The minimum Gasteiger partial charge on any atom is -0.377 e. The predicted octanol–water partition coefficient (Wildman–Crippen LogP) is 2.31. The van der Waals surface area contributed by atoms with Crippen LogP contribution in [0, 0.1) is 0 Å². The molecule has 0 bridgehead atoms. The summed E-state index contributed by atoms with van der Waals surface area (Å²) in [6.45, 7) is 6.92. The van der Waals surface area contributed by atoms with Crippen molar-refractivity contribution >= 4 is 11.3 Å². The van der Waals surface area contributed by atoms with Crippen molar-refractivity contribution in [1.29, 1.82) is 0 Å². The van der Waals surface area contributed by atoms with Crippen LogP contribution in [-0.4, -0.2) is 25.8 Å². The van der Waals surface area contributed by atoms with Gasteiger partial charge < -0.3 is 10.1 Å². The summed E-state index contributed by atoms with van der Waals surface area (Å²) in [4.78, 5) is 1.45. The third kappa shape index (κ3) is 5.37. The lowest BCUT2D eigenvalue weighted by Crippen LogP contribution is -2.23. The number of thiophene rings is 1. The van der Waals surface area contributed by atoms with E-state index < -0.39 is 0 Å². The zero-order chi connectivity index (χ0) is 10.2. The van der Waals surface area contributed by atoms with E-state index in [2.05, 4.69) is 36.7 Å². The molecule has 1 N–H and O–H groups in total. The molecule has 2 nitrogen and oxygen atoms in total. The first-order valence-corrected chi connectivity index (χ1v) is 6.01. The number of hydrogen-bond acceptors (Lipinski definition) is 3. The summed E-state index contributed by atoms with van der Waals surface area (Å²) < 4.78 is 5.42. The van der Waals surface area contributed by atoms with Crippen LogP contribution in [0.15, 0.2) is 17.5 Å². The molecule has 0 saturated heterocycles. The van der Waals surface area contributed by atoms with E-state index in [9.17, 15) is 0 Å². The molecule has 1 aromatic heterocycles. The maximum Gasteiger partial charge on any atom is 0.0594 e. The van der Waals surface area contributed by atoms with Crippen molar-refractivity contribution in [1.82, 2.24) is 5.32 Å². The van der Waals surface area contributed by atoms with Gasteiger partial charge in [0.15, 0.2) is 0 Å². The minimum atomic E-state index is 0.342. The number of rotatable bonds is 7. The van der Waals surface area contributed by atoms with E-state index in [1.807, 2.05) is 11.3 Å². The van der Waals surface area contributed by atoms with Crippen LogP contribution in [0.2, 0.25) is 0 Å². The highest BCUT2D eigenvalue weighted by molar-refractivity contribution is 7.09. The van der Waals surface area contributed by atoms with E-state index in [4.69, 9.17) is 4.74 Å². The molecule has 0 aliphatic carbocycles. The van der Waals surface area contributed by atoms with Crippen LogP contribution in [0.25, 0.3) is 0 Å². The average Bonchev–Trinajstić information content (AvgIpc) is 2.63. The fourth-order valence-electron chi connectivity index (χ4n) is 1.16. The van der Waals surface area contributed by atoms with Gasteiger partial charge in [0.05, 0.1) is 12.7 Å². The van der Waals surface area contributed by atoms with Crippen molar-refractivity contribution in [2.45, 2.75) is 26.4 Å². The van der Waals surface area contributed by atoms with Gasteiger partial charge in [0, 0.05) is 18.0 Å². The first kappa shape index (κ1) is 11.7. The topological polar surface area (TPSA) is 21.3 Å². The molecule has 0 unspecified atom stereocenters. The highest BCUT2D eigenvalue weighted by atomic mass is 32.1. The van der Waals surface area contributed by atoms with Gasteiger partial charge in [-0.3, -0.25) is 0 Å². The van der Waals surface area contributed by atoms with E-state index in [0.717, 1.165) is 26.1 Å². The smallest absolute Gasteiger partial charge is 0.0594 e. The Balaban J connectivity index is 1.90. The molecule has 0 spiro atoms. The van der Waals surface area contributed by atoms with Crippen LogP contribution in [-0.2, 0) is 11.2 Å². The number of nitrogens with one attached hydrogen (secondary N) is 1. The summed E-state index contributed by atoms with van der Waals surface area (Å²) in [6, 6.07) is 4.28. The Bertz CT molecular complexity index is 221. The van der Waals surface area contributed by atoms with Crippen molar-refractivity contribution < 1.29 is 4.74 Å². The van der Waals surface area contributed by atoms with Crippen LogP contribution in [0.3, 0.4) is 0 Å². The van der Waals surface area contributed by atoms with E-state index in [-0.39, 0.29) is 0 Å². The first-order chi connectivity index (χ1) is 6.79. The molecule has 0 fully saturated rings. The van der Waals surface area contributed by atoms with Crippen molar-refractivity contribution in [2.75, 3.05) is 19.7 Å². The SMILES string of the molecule is CC(C)OCCNCCc1cccs1. The molecule has 1 heterocycles. The maximum atomic E-state index is 5.42. The van der Waals surface area contributed by atoms with Crippen molar-refractivity contribution in [3.8, 4) is 0 Å². The van der Waals surface area contributed by atoms with Crippen molar-refractivity contribution in [2.24, 2.45) is 0 Å². The second kappa shape index (κ2) is 6.98. The highest BCUT2D eigenvalue weighted by Gasteiger charge is 1.94. The monoisotopic (exact) mass is 213 g/mol. The Morgan fingerprint density at radius 2 is 2.29 bits per heavy atom. The minimum absolute atomic E-state index is 0.342. The molecule has 0 amide bonds. The van der Waals surface area contributed by atoms with Gasteiger partial charge in [0.1, 0.15) is 0 Å². The van der Waals surface area contributed by atoms with Gasteiger partial charge in [-0.2, -0.15) is 0 Å². The highest BCUT2D eigenvalue weighted by Crippen LogP contribution is 2.07. The van der Waals surface area contributed by atoms with Gasteiger partial charge in [-0.15, -0.1) is 11.3 Å². The number of ether oxygens (including phenoxy) is 1. The fraction of sp³-hybridized carbons (Fsp3) is 0.636. The Morgan fingerprint density at radius 3 is 2.93 bits per heavy atom. The van der Waals surface area contributed by atoms with E-state index >= 15 is 0 Å². The third-order valence-electron chi connectivity index (χ3n) is 1.86. The maximum absolute atomic E-state index is 5.42. The lowest BCUT2D eigenvalue weighted by atomic mass is 10.3. The largest absolute Gasteiger partial charge is 0.377 e. The Kier molecular flexibility index (Phi) is 5.83. The molecule has 1 aromatic rings. The summed E-state index contributed by atoms with van der Waals surface area (Å²) in [7, 11) is 0. The molecule has 0 saturated carbocycles. The standard InChI is InChI=1S/C11H19NOS/c1-10(2)13-8-7-12-6-5-11-4-3-9-14-11/h3-4,9-10,12H,5-8H2,1-2H3. The zero-order valence-corrected chi connectivity index (χ0v) is 9.77. The lowest BCUT2D eigenvalue weighted by Gasteiger charge is -2.07.